The number of rotatable bonds is 5. The summed E-state index contributed by atoms with van der Waals surface area (Å²) in [6.45, 7) is 4.23. The van der Waals surface area contributed by atoms with Gasteiger partial charge in [0.15, 0.2) is 0 Å². The van der Waals surface area contributed by atoms with E-state index >= 15 is 0 Å². The Labute approximate surface area is 305 Å². The van der Waals surface area contributed by atoms with Crippen molar-refractivity contribution in [1.82, 2.24) is 4.57 Å². The molecule has 0 saturated carbocycles. The lowest BCUT2D eigenvalue weighted by Crippen LogP contribution is -1.92. The standard InChI is InChI=1S/C49H33NO3/c1-3-43-49(40-28-33(20-24-47(40)52-43)31-18-22-45-38(26-31)36-14-8-10-16-44(36)53-45)48-29(2)51-46-23-19-32(27-39(46)48)30-17-21-42-37(25-30)35-13-7-9-15-41(35)50(42)34-11-5-4-6-12-34/h4-28H,3H2,1-2H3. The average Bonchev–Trinajstić information content (AvgIpc) is 3.95. The predicted molar refractivity (Wildman–Crippen MR) is 218 cm³/mol. The number of hydrogen-bond donors (Lipinski definition) is 0. The van der Waals surface area contributed by atoms with Crippen molar-refractivity contribution in [2.75, 3.05) is 0 Å². The van der Waals surface area contributed by atoms with Crippen LogP contribution in [0.2, 0.25) is 0 Å². The summed E-state index contributed by atoms with van der Waals surface area (Å²) in [6.07, 6.45) is 0.764. The van der Waals surface area contributed by atoms with Crippen LogP contribution in [-0.4, -0.2) is 4.57 Å². The summed E-state index contributed by atoms with van der Waals surface area (Å²) < 4.78 is 21.5. The molecule has 0 spiro atoms. The minimum Gasteiger partial charge on any atom is -0.461 e. The lowest BCUT2D eigenvalue weighted by Gasteiger charge is -2.08. The van der Waals surface area contributed by atoms with Crippen LogP contribution in [0.25, 0.3) is 105 Å². The van der Waals surface area contributed by atoms with Crippen molar-refractivity contribution in [3.63, 3.8) is 0 Å². The molecule has 0 radical (unpaired) electrons. The van der Waals surface area contributed by atoms with Gasteiger partial charge in [0.1, 0.15) is 33.9 Å². The Morgan fingerprint density at radius 2 is 0.943 bits per heavy atom. The number of nitrogens with zero attached hydrogens (tertiary/aromatic N) is 1. The van der Waals surface area contributed by atoms with Gasteiger partial charge in [0.25, 0.3) is 0 Å². The first kappa shape index (κ1) is 29.9. The quantitative estimate of drug-likeness (QED) is 0.181. The van der Waals surface area contributed by atoms with E-state index in [1.54, 1.807) is 0 Å². The van der Waals surface area contributed by atoms with E-state index in [0.717, 1.165) is 101 Å². The molecule has 0 aliphatic heterocycles. The van der Waals surface area contributed by atoms with Crippen molar-refractivity contribution in [3.8, 4) is 39.1 Å². The molecule has 0 atom stereocenters. The summed E-state index contributed by atoms with van der Waals surface area (Å²) in [4.78, 5) is 0. The minimum atomic E-state index is 0.764. The predicted octanol–water partition coefficient (Wildman–Crippen LogP) is 14.0. The molecule has 0 aliphatic rings. The molecule has 4 heteroatoms. The third kappa shape index (κ3) is 4.49. The molecule has 4 nitrogen and oxygen atoms in total. The highest BCUT2D eigenvalue weighted by molar-refractivity contribution is 6.12. The second kappa shape index (κ2) is 11.4. The lowest BCUT2D eigenvalue weighted by atomic mass is 9.94. The Morgan fingerprint density at radius 3 is 1.68 bits per heavy atom. The summed E-state index contributed by atoms with van der Waals surface area (Å²) in [7, 11) is 0. The molecule has 252 valence electrons. The summed E-state index contributed by atoms with van der Waals surface area (Å²) in [5, 5.41) is 6.88. The summed E-state index contributed by atoms with van der Waals surface area (Å²) in [6, 6.07) is 53.9. The van der Waals surface area contributed by atoms with E-state index in [0.29, 0.717) is 0 Å². The third-order valence-corrected chi connectivity index (χ3v) is 10.9. The Balaban J connectivity index is 1.07. The van der Waals surface area contributed by atoms with Crippen LogP contribution >= 0.6 is 0 Å². The zero-order valence-electron chi connectivity index (χ0n) is 29.3. The second-order valence-corrected chi connectivity index (χ2v) is 13.9. The van der Waals surface area contributed by atoms with Gasteiger partial charge in [-0.05, 0) is 102 Å². The number of para-hydroxylation sites is 3. The summed E-state index contributed by atoms with van der Waals surface area (Å²) >= 11 is 0. The van der Waals surface area contributed by atoms with Crippen molar-refractivity contribution < 1.29 is 13.3 Å². The molecular formula is C49H33NO3. The number of fused-ring (bicyclic) bond motifs is 8. The van der Waals surface area contributed by atoms with Crippen LogP contribution in [-0.2, 0) is 6.42 Å². The molecular weight excluding hydrogens is 651 g/mol. The van der Waals surface area contributed by atoms with Gasteiger partial charge in [-0.1, -0.05) is 85.8 Å². The molecule has 53 heavy (non-hydrogen) atoms. The van der Waals surface area contributed by atoms with E-state index in [-0.39, 0.29) is 0 Å². The Kier molecular flexibility index (Phi) is 6.41. The maximum absolute atomic E-state index is 6.57. The van der Waals surface area contributed by atoms with Gasteiger partial charge in [-0.25, -0.2) is 0 Å². The SMILES string of the molecule is CCc1oc2ccc(-c3ccc4oc5ccccc5c4c3)cc2c1-c1c(C)oc2ccc(-c3ccc4c(c3)c3ccccc3n4-c3ccccc3)cc12. The van der Waals surface area contributed by atoms with Crippen molar-refractivity contribution in [3.05, 3.63) is 163 Å². The van der Waals surface area contributed by atoms with E-state index in [1.807, 2.05) is 12.1 Å². The van der Waals surface area contributed by atoms with Crippen molar-refractivity contribution in [1.29, 1.82) is 0 Å². The Hall–Kier alpha value is -6.78. The molecule has 0 saturated heterocycles. The van der Waals surface area contributed by atoms with E-state index in [4.69, 9.17) is 13.3 Å². The zero-order valence-corrected chi connectivity index (χ0v) is 29.3. The smallest absolute Gasteiger partial charge is 0.135 e. The molecule has 4 aromatic heterocycles. The Morgan fingerprint density at radius 1 is 0.415 bits per heavy atom. The monoisotopic (exact) mass is 683 g/mol. The van der Waals surface area contributed by atoms with Crippen LogP contribution in [0.1, 0.15) is 18.4 Å². The maximum Gasteiger partial charge on any atom is 0.135 e. The fraction of sp³-hybridized carbons (Fsp3) is 0.0612. The average molecular weight is 684 g/mol. The zero-order chi connectivity index (χ0) is 35.2. The van der Waals surface area contributed by atoms with E-state index in [2.05, 4.69) is 158 Å². The van der Waals surface area contributed by atoms with E-state index in [9.17, 15) is 0 Å². The lowest BCUT2D eigenvalue weighted by molar-refractivity contribution is 0.557. The van der Waals surface area contributed by atoms with Gasteiger partial charge in [0.2, 0.25) is 0 Å². The van der Waals surface area contributed by atoms with Crippen LogP contribution in [0.5, 0.6) is 0 Å². The third-order valence-electron chi connectivity index (χ3n) is 10.9. The van der Waals surface area contributed by atoms with Gasteiger partial charge in [-0.15, -0.1) is 0 Å². The first-order chi connectivity index (χ1) is 26.1. The van der Waals surface area contributed by atoms with E-state index < -0.39 is 0 Å². The molecule has 0 unspecified atom stereocenters. The molecule has 0 N–H and O–H groups in total. The topological polar surface area (TPSA) is 44.4 Å². The van der Waals surface area contributed by atoms with Gasteiger partial charge in [0.05, 0.1) is 11.0 Å². The highest BCUT2D eigenvalue weighted by Crippen LogP contribution is 2.45. The summed E-state index contributed by atoms with van der Waals surface area (Å²) in [5.74, 6) is 1.84. The highest BCUT2D eigenvalue weighted by Gasteiger charge is 2.23. The maximum atomic E-state index is 6.57. The molecule has 11 rings (SSSR count). The second-order valence-electron chi connectivity index (χ2n) is 13.9. The molecule has 4 heterocycles. The normalized spacial score (nSPS) is 12.0. The first-order valence-electron chi connectivity index (χ1n) is 18.2. The van der Waals surface area contributed by atoms with Crippen molar-refractivity contribution in [2.45, 2.75) is 20.3 Å². The van der Waals surface area contributed by atoms with Gasteiger partial charge >= 0.3 is 0 Å². The van der Waals surface area contributed by atoms with Crippen LogP contribution in [0.4, 0.5) is 0 Å². The van der Waals surface area contributed by atoms with Crippen molar-refractivity contribution >= 4 is 65.7 Å². The number of aromatic nitrogens is 1. The van der Waals surface area contributed by atoms with E-state index in [1.165, 1.54) is 21.8 Å². The van der Waals surface area contributed by atoms with Gasteiger partial charge < -0.3 is 17.8 Å². The largest absolute Gasteiger partial charge is 0.461 e. The number of furan rings is 3. The molecule has 0 bridgehead atoms. The fourth-order valence-electron chi connectivity index (χ4n) is 8.47. The molecule has 0 fully saturated rings. The van der Waals surface area contributed by atoms with Crippen LogP contribution < -0.4 is 0 Å². The van der Waals surface area contributed by atoms with Crippen LogP contribution in [0, 0.1) is 6.92 Å². The number of aryl methyl sites for hydroxylation is 2. The molecule has 0 amide bonds. The van der Waals surface area contributed by atoms with Crippen LogP contribution in [0.15, 0.2) is 165 Å². The molecule has 11 aromatic rings. The fourth-order valence-corrected chi connectivity index (χ4v) is 8.47. The van der Waals surface area contributed by atoms with Crippen molar-refractivity contribution in [2.24, 2.45) is 0 Å². The first-order valence-corrected chi connectivity index (χ1v) is 18.2. The number of benzene rings is 7. The summed E-state index contributed by atoms with van der Waals surface area (Å²) in [5.41, 5.74) is 13.9. The molecule has 7 aromatic carbocycles. The van der Waals surface area contributed by atoms with Gasteiger partial charge in [-0.3, -0.25) is 0 Å². The number of hydrogen-bond acceptors (Lipinski definition) is 3. The van der Waals surface area contributed by atoms with Gasteiger partial charge in [-0.2, -0.15) is 0 Å². The molecule has 0 aliphatic carbocycles. The van der Waals surface area contributed by atoms with Gasteiger partial charge in [0, 0.05) is 55.6 Å². The Bertz CT molecular complexity index is 3220. The van der Waals surface area contributed by atoms with Crippen LogP contribution in [0.3, 0.4) is 0 Å². The highest BCUT2D eigenvalue weighted by atomic mass is 16.3. The minimum absolute atomic E-state index is 0.764.